The summed E-state index contributed by atoms with van der Waals surface area (Å²) in [5.41, 5.74) is 1.60. The van der Waals surface area contributed by atoms with Crippen molar-refractivity contribution < 1.29 is 27.7 Å². The van der Waals surface area contributed by atoms with Gasteiger partial charge in [0.05, 0.1) is 20.8 Å². The van der Waals surface area contributed by atoms with Gasteiger partial charge >= 0.3 is 6.61 Å². The van der Waals surface area contributed by atoms with E-state index in [1.165, 1.54) is 7.11 Å². The Morgan fingerprint density at radius 1 is 1.00 bits per heavy atom. The number of ether oxygens (including phenoxy) is 4. The van der Waals surface area contributed by atoms with Gasteiger partial charge in [-0.15, -0.1) is 24.0 Å². The van der Waals surface area contributed by atoms with Crippen molar-refractivity contribution >= 4 is 35.6 Å². The average Bonchev–Trinajstić information content (AvgIpc) is 2.74. The van der Waals surface area contributed by atoms with Crippen LogP contribution in [0.3, 0.4) is 0 Å². The number of hydrogen-bond acceptors (Lipinski definition) is 5. The summed E-state index contributed by atoms with van der Waals surface area (Å²) in [6.07, 6.45) is 0.566. The largest absolute Gasteiger partial charge is 0.493 e. The first-order valence-electron chi connectivity index (χ1n) is 9.40. The Kier molecular flexibility index (Phi) is 11.8. The number of anilines is 1. The van der Waals surface area contributed by atoms with E-state index in [9.17, 15) is 8.78 Å². The molecule has 0 atom stereocenters. The van der Waals surface area contributed by atoms with Gasteiger partial charge in [-0.25, -0.2) is 0 Å². The van der Waals surface area contributed by atoms with Crippen LogP contribution < -0.4 is 29.6 Å². The zero-order valence-electron chi connectivity index (χ0n) is 17.9. The molecule has 7 nitrogen and oxygen atoms in total. The number of hydrogen-bond donors (Lipinski definition) is 2. The minimum absolute atomic E-state index is 0. The monoisotopic (exact) mass is 551 g/mol. The highest BCUT2D eigenvalue weighted by Gasteiger charge is 2.11. The standard InChI is InChI=1S/C21H27F2N3O4.HI/c1-5-29-17-9-7-15(13-18(17)28-4)26-21(24-2)25-11-10-14-6-8-16(27-3)19(12-14)30-20(22)23;/h6-9,12-13,20H,5,10-11H2,1-4H3,(H2,24,25,26);1H. The molecule has 2 aromatic rings. The number of aliphatic imine (C=N–C) groups is 1. The van der Waals surface area contributed by atoms with Crippen molar-refractivity contribution in [3.05, 3.63) is 42.0 Å². The van der Waals surface area contributed by atoms with E-state index >= 15 is 0 Å². The van der Waals surface area contributed by atoms with Gasteiger partial charge in [-0.3, -0.25) is 4.99 Å². The second-order valence-corrected chi connectivity index (χ2v) is 6.04. The lowest BCUT2D eigenvalue weighted by Gasteiger charge is -2.15. The third-order valence-corrected chi connectivity index (χ3v) is 4.10. The van der Waals surface area contributed by atoms with Crippen molar-refractivity contribution in [1.29, 1.82) is 0 Å². The molecule has 0 amide bonds. The molecule has 172 valence electrons. The van der Waals surface area contributed by atoms with Gasteiger partial charge in [0.25, 0.3) is 0 Å². The predicted molar refractivity (Wildman–Crippen MR) is 128 cm³/mol. The number of guanidine groups is 1. The van der Waals surface area contributed by atoms with Gasteiger partial charge in [0.1, 0.15) is 0 Å². The van der Waals surface area contributed by atoms with Crippen LogP contribution in [0.5, 0.6) is 23.0 Å². The smallest absolute Gasteiger partial charge is 0.387 e. The van der Waals surface area contributed by atoms with Gasteiger partial charge in [-0.05, 0) is 43.2 Å². The van der Waals surface area contributed by atoms with E-state index in [0.29, 0.717) is 37.0 Å². The highest BCUT2D eigenvalue weighted by molar-refractivity contribution is 14.0. The molecule has 0 saturated heterocycles. The molecule has 0 aliphatic rings. The molecule has 0 saturated carbocycles. The summed E-state index contributed by atoms with van der Waals surface area (Å²) >= 11 is 0. The fraction of sp³-hybridized carbons (Fsp3) is 0.381. The van der Waals surface area contributed by atoms with Crippen LogP contribution in [0.4, 0.5) is 14.5 Å². The predicted octanol–water partition coefficient (Wildman–Crippen LogP) is 4.55. The van der Waals surface area contributed by atoms with E-state index in [-0.39, 0.29) is 35.5 Å². The number of methoxy groups -OCH3 is 2. The molecule has 0 radical (unpaired) electrons. The molecule has 0 bridgehead atoms. The Bertz CT molecular complexity index is 853. The van der Waals surface area contributed by atoms with E-state index in [1.54, 1.807) is 32.4 Å². The van der Waals surface area contributed by atoms with E-state index in [2.05, 4.69) is 20.4 Å². The molecule has 0 heterocycles. The van der Waals surface area contributed by atoms with Gasteiger partial charge in [0, 0.05) is 25.3 Å². The first-order valence-corrected chi connectivity index (χ1v) is 9.40. The van der Waals surface area contributed by atoms with Crippen LogP contribution in [0.1, 0.15) is 12.5 Å². The summed E-state index contributed by atoms with van der Waals surface area (Å²) < 4.78 is 45.6. The molecule has 0 fully saturated rings. The van der Waals surface area contributed by atoms with Gasteiger partial charge < -0.3 is 29.6 Å². The molecule has 0 spiro atoms. The summed E-state index contributed by atoms with van der Waals surface area (Å²) in [5, 5.41) is 6.35. The number of nitrogens with one attached hydrogen (secondary N) is 2. The molecule has 2 aromatic carbocycles. The summed E-state index contributed by atoms with van der Waals surface area (Å²) in [4.78, 5) is 4.19. The highest BCUT2D eigenvalue weighted by Crippen LogP contribution is 2.31. The van der Waals surface area contributed by atoms with Gasteiger partial charge in [0.15, 0.2) is 29.0 Å². The van der Waals surface area contributed by atoms with Crippen LogP contribution in [0.15, 0.2) is 41.4 Å². The number of halogens is 3. The number of benzene rings is 2. The van der Waals surface area contributed by atoms with E-state index in [1.807, 2.05) is 25.1 Å². The summed E-state index contributed by atoms with van der Waals surface area (Å²) in [5.74, 6) is 2.10. The maximum atomic E-state index is 12.6. The maximum absolute atomic E-state index is 12.6. The molecule has 0 aromatic heterocycles. The molecule has 2 N–H and O–H groups in total. The second kappa shape index (κ2) is 13.7. The van der Waals surface area contributed by atoms with Crippen molar-refractivity contribution in [2.75, 3.05) is 39.7 Å². The molecule has 2 rings (SSSR count). The zero-order valence-corrected chi connectivity index (χ0v) is 20.2. The Balaban J connectivity index is 0.00000480. The first kappa shape index (κ1) is 26.5. The van der Waals surface area contributed by atoms with E-state index < -0.39 is 6.61 Å². The number of nitrogens with zero attached hydrogens (tertiary/aromatic N) is 1. The third kappa shape index (κ3) is 8.27. The van der Waals surface area contributed by atoms with E-state index in [0.717, 1.165) is 11.3 Å². The fourth-order valence-electron chi connectivity index (χ4n) is 2.73. The molecule has 10 heteroatoms. The fourth-order valence-corrected chi connectivity index (χ4v) is 2.73. The highest BCUT2D eigenvalue weighted by atomic mass is 127. The van der Waals surface area contributed by atoms with Crippen LogP contribution in [-0.4, -0.2) is 47.0 Å². The average molecular weight is 551 g/mol. The quantitative estimate of drug-likeness (QED) is 0.257. The SMILES string of the molecule is CCOc1ccc(NC(=NC)NCCc2ccc(OC)c(OC(F)F)c2)cc1OC.I. The van der Waals surface area contributed by atoms with Crippen LogP contribution in [-0.2, 0) is 6.42 Å². The van der Waals surface area contributed by atoms with Crippen LogP contribution in [0.2, 0.25) is 0 Å². The molecular formula is C21H28F2IN3O4. The summed E-state index contributed by atoms with van der Waals surface area (Å²) in [7, 11) is 4.64. The minimum atomic E-state index is -2.92. The first-order chi connectivity index (χ1) is 14.5. The van der Waals surface area contributed by atoms with Gasteiger partial charge in [-0.1, -0.05) is 6.07 Å². The Morgan fingerprint density at radius 2 is 1.71 bits per heavy atom. The maximum Gasteiger partial charge on any atom is 0.387 e. The molecule has 0 unspecified atom stereocenters. The summed E-state index contributed by atoms with van der Waals surface area (Å²) in [6, 6.07) is 10.4. The van der Waals surface area contributed by atoms with Gasteiger partial charge in [0.2, 0.25) is 0 Å². The Morgan fingerprint density at radius 3 is 2.32 bits per heavy atom. The number of rotatable bonds is 10. The van der Waals surface area contributed by atoms with Gasteiger partial charge in [-0.2, -0.15) is 8.78 Å². The molecular weight excluding hydrogens is 523 g/mol. The van der Waals surface area contributed by atoms with Crippen molar-refractivity contribution in [2.45, 2.75) is 20.0 Å². The lowest BCUT2D eigenvalue weighted by atomic mass is 10.1. The molecule has 31 heavy (non-hydrogen) atoms. The van der Waals surface area contributed by atoms with Crippen molar-refractivity contribution in [3.63, 3.8) is 0 Å². The molecule has 0 aliphatic heterocycles. The lowest BCUT2D eigenvalue weighted by Crippen LogP contribution is -2.32. The Hall–Kier alpha value is -2.50. The third-order valence-electron chi connectivity index (χ3n) is 4.10. The van der Waals surface area contributed by atoms with Crippen LogP contribution >= 0.6 is 24.0 Å². The number of alkyl halides is 2. The second-order valence-electron chi connectivity index (χ2n) is 6.04. The van der Waals surface area contributed by atoms with Crippen molar-refractivity contribution in [3.8, 4) is 23.0 Å². The van der Waals surface area contributed by atoms with Crippen molar-refractivity contribution in [1.82, 2.24) is 5.32 Å². The lowest BCUT2D eigenvalue weighted by molar-refractivity contribution is -0.0512. The normalized spacial score (nSPS) is 10.9. The topological polar surface area (TPSA) is 73.3 Å². The van der Waals surface area contributed by atoms with Crippen molar-refractivity contribution in [2.24, 2.45) is 4.99 Å². The summed E-state index contributed by atoms with van der Waals surface area (Å²) in [6.45, 7) is 0.0557. The Labute approximate surface area is 198 Å². The zero-order chi connectivity index (χ0) is 21.9. The minimum Gasteiger partial charge on any atom is -0.493 e. The van der Waals surface area contributed by atoms with E-state index in [4.69, 9.17) is 14.2 Å². The van der Waals surface area contributed by atoms with Crippen LogP contribution in [0, 0.1) is 0 Å². The van der Waals surface area contributed by atoms with Crippen LogP contribution in [0.25, 0.3) is 0 Å². The molecule has 0 aliphatic carbocycles.